The Labute approximate surface area is 91.4 Å². The van der Waals surface area contributed by atoms with Crippen LogP contribution < -0.4 is 10.6 Å². The third-order valence-electron chi connectivity index (χ3n) is 3.37. The number of nitrogens with one attached hydrogen (secondary N) is 2. The molecule has 2 aliphatic rings. The van der Waals surface area contributed by atoms with E-state index in [4.69, 9.17) is 0 Å². The van der Waals surface area contributed by atoms with E-state index in [0.29, 0.717) is 12.6 Å². The van der Waals surface area contributed by atoms with Crippen LogP contribution in [0.1, 0.15) is 25.7 Å². The Morgan fingerprint density at radius 3 is 2.60 bits per heavy atom. The van der Waals surface area contributed by atoms with Gasteiger partial charge in [0.25, 0.3) is 0 Å². The SMILES string of the molecule is O=C(CNC1CCCC1)N1CCNCC1. The van der Waals surface area contributed by atoms with Gasteiger partial charge in [-0.15, -0.1) is 0 Å². The van der Waals surface area contributed by atoms with Crippen LogP contribution in [0.2, 0.25) is 0 Å². The van der Waals surface area contributed by atoms with Crippen LogP contribution in [-0.2, 0) is 4.79 Å². The molecule has 15 heavy (non-hydrogen) atoms. The van der Waals surface area contributed by atoms with Crippen LogP contribution in [0.5, 0.6) is 0 Å². The van der Waals surface area contributed by atoms with Gasteiger partial charge in [0.2, 0.25) is 5.91 Å². The van der Waals surface area contributed by atoms with E-state index in [0.717, 1.165) is 26.2 Å². The Morgan fingerprint density at radius 1 is 1.27 bits per heavy atom. The molecule has 4 heteroatoms. The highest BCUT2D eigenvalue weighted by Gasteiger charge is 2.19. The molecule has 1 saturated heterocycles. The summed E-state index contributed by atoms with van der Waals surface area (Å²) in [4.78, 5) is 13.7. The van der Waals surface area contributed by atoms with Crippen molar-refractivity contribution in [3.05, 3.63) is 0 Å². The lowest BCUT2D eigenvalue weighted by Crippen LogP contribution is -2.49. The Hall–Kier alpha value is -0.610. The van der Waals surface area contributed by atoms with Crippen LogP contribution in [0, 0.1) is 0 Å². The van der Waals surface area contributed by atoms with Crippen molar-refractivity contribution in [3.63, 3.8) is 0 Å². The molecule has 0 aromatic rings. The van der Waals surface area contributed by atoms with Crippen molar-refractivity contribution in [1.29, 1.82) is 0 Å². The highest BCUT2D eigenvalue weighted by molar-refractivity contribution is 5.78. The van der Waals surface area contributed by atoms with E-state index in [9.17, 15) is 4.79 Å². The van der Waals surface area contributed by atoms with Gasteiger partial charge < -0.3 is 15.5 Å². The van der Waals surface area contributed by atoms with Gasteiger partial charge in [-0.2, -0.15) is 0 Å². The predicted octanol–water partition coefficient (Wildman–Crippen LogP) is -0.0496. The Kier molecular flexibility index (Phi) is 3.97. The van der Waals surface area contributed by atoms with Gasteiger partial charge in [-0.25, -0.2) is 0 Å². The molecule has 2 N–H and O–H groups in total. The first-order valence-electron chi connectivity index (χ1n) is 6.08. The molecule has 1 aliphatic carbocycles. The molecule has 1 saturated carbocycles. The first-order valence-corrected chi connectivity index (χ1v) is 6.08. The maximum atomic E-state index is 11.8. The molecule has 2 fully saturated rings. The molecule has 0 atom stereocenters. The normalized spacial score (nSPS) is 23.3. The largest absolute Gasteiger partial charge is 0.339 e. The van der Waals surface area contributed by atoms with Crippen molar-refractivity contribution in [2.24, 2.45) is 0 Å². The molecule has 0 unspecified atom stereocenters. The summed E-state index contributed by atoms with van der Waals surface area (Å²) < 4.78 is 0. The van der Waals surface area contributed by atoms with Crippen molar-refractivity contribution in [1.82, 2.24) is 15.5 Å². The standard InChI is InChI=1S/C11H21N3O/c15-11(14-7-5-12-6-8-14)9-13-10-3-1-2-4-10/h10,12-13H,1-9H2. The minimum absolute atomic E-state index is 0.267. The Morgan fingerprint density at radius 2 is 1.93 bits per heavy atom. The summed E-state index contributed by atoms with van der Waals surface area (Å²) in [6, 6.07) is 0.594. The summed E-state index contributed by atoms with van der Waals surface area (Å²) in [5, 5.41) is 6.62. The van der Waals surface area contributed by atoms with E-state index in [2.05, 4.69) is 10.6 Å². The van der Waals surface area contributed by atoms with E-state index in [1.807, 2.05) is 4.90 Å². The first kappa shape index (κ1) is 10.9. The van der Waals surface area contributed by atoms with Crippen molar-refractivity contribution < 1.29 is 4.79 Å². The molecule has 1 amide bonds. The summed E-state index contributed by atoms with van der Waals surface area (Å²) in [5.41, 5.74) is 0. The fourth-order valence-electron chi connectivity index (χ4n) is 2.39. The van der Waals surface area contributed by atoms with E-state index in [1.54, 1.807) is 0 Å². The molecule has 0 radical (unpaired) electrons. The smallest absolute Gasteiger partial charge is 0.236 e. The molecule has 86 valence electrons. The number of carbonyl (C=O) groups excluding carboxylic acids is 1. The number of hydrogen-bond acceptors (Lipinski definition) is 3. The lowest BCUT2D eigenvalue weighted by Gasteiger charge is -2.28. The van der Waals surface area contributed by atoms with E-state index < -0.39 is 0 Å². The number of carbonyl (C=O) groups is 1. The van der Waals surface area contributed by atoms with Crippen LogP contribution in [0.15, 0.2) is 0 Å². The maximum Gasteiger partial charge on any atom is 0.236 e. The second-order valence-electron chi connectivity index (χ2n) is 4.49. The summed E-state index contributed by atoms with van der Waals surface area (Å²) in [6.45, 7) is 4.14. The minimum Gasteiger partial charge on any atom is -0.339 e. The predicted molar refractivity (Wildman–Crippen MR) is 59.7 cm³/mol. The fourth-order valence-corrected chi connectivity index (χ4v) is 2.39. The second kappa shape index (κ2) is 5.47. The lowest BCUT2D eigenvalue weighted by molar-refractivity contribution is -0.130. The lowest BCUT2D eigenvalue weighted by atomic mass is 10.2. The molecule has 0 spiro atoms. The van der Waals surface area contributed by atoms with Gasteiger partial charge >= 0.3 is 0 Å². The third-order valence-corrected chi connectivity index (χ3v) is 3.37. The van der Waals surface area contributed by atoms with Crippen molar-refractivity contribution in [2.45, 2.75) is 31.7 Å². The average Bonchev–Trinajstić information content (AvgIpc) is 2.80. The summed E-state index contributed by atoms with van der Waals surface area (Å²) in [7, 11) is 0. The van der Waals surface area contributed by atoms with Gasteiger partial charge in [-0.05, 0) is 12.8 Å². The topological polar surface area (TPSA) is 44.4 Å². The maximum absolute atomic E-state index is 11.8. The van der Waals surface area contributed by atoms with Gasteiger partial charge in [0.05, 0.1) is 6.54 Å². The van der Waals surface area contributed by atoms with Crippen LogP contribution in [0.3, 0.4) is 0 Å². The monoisotopic (exact) mass is 211 g/mol. The number of piperazine rings is 1. The van der Waals surface area contributed by atoms with Gasteiger partial charge in [0.15, 0.2) is 0 Å². The molecule has 1 aliphatic heterocycles. The zero-order chi connectivity index (χ0) is 10.5. The molecular weight excluding hydrogens is 190 g/mol. The van der Waals surface area contributed by atoms with Crippen molar-refractivity contribution in [3.8, 4) is 0 Å². The number of amides is 1. The highest BCUT2D eigenvalue weighted by atomic mass is 16.2. The van der Waals surface area contributed by atoms with E-state index in [1.165, 1.54) is 25.7 Å². The second-order valence-corrected chi connectivity index (χ2v) is 4.49. The first-order chi connectivity index (χ1) is 7.36. The fraction of sp³-hybridized carbons (Fsp3) is 0.909. The Bertz CT molecular complexity index is 208. The van der Waals surface area contributed by atoms with Crippen LogP contribution in [-0.4, -0.2) is 49.6 Å². The van der Waals surface area contributed by atoms with Crippen LogP contribution in [0.25, 0.3) is 0 Å². The Balaban J connectivity index is 1.66. The molecule has 0 aromatic carbocycles. The molecule has 0 aromatic heterocycles. The summed E-state index contributed by atoms with van der Waals surface area (Å²) >= 11 is 0. The van der Waals surface area contributed by atoms with Gasteiger partial charge in [0.1, 0.15) is 0 Å². The van der Waals surface area contributed by atoms with Crippen LogP contribution in [0.4, 0.5) is 0 Å². The molecule has 0 bridgehead atoms. The van der Waals surface area contributed by atoms with Gasteiger partial charge in [-0.3, -0.25) is 4.79 Å². The molecule has 1 heterocycles. The quantitative estimate of drug-likeness (QED) is 0.688. The number of nitrogens with zero attached hydrogens (tertiary/aromatic N) is 1. The van der Waals surface area contributed by atoms with Crippen molar-refractivity contribution in [2.75, 3.05) is 32.7 Å². The van der Waals surface area contributed by atoms with Crippen LogP contribution >= 0.6 is 0 Å². The minimum atomic E-state index is 0.267. The number of rotatable bonds is 3. The zero-order valence-electron chi connectivity index (χ0n) is 9.30. The van der Waals surface area contributed by atoms with E-state index >= 15 is 0 Å². The van der Waals surface area contributed by atoms with Crippen molar-refractivity contribution >= 4 is 5.91 Å². The van der Waals surface area contributed by atoms with Gasteiger partial charge in [0, 0.05) is 32.2 Å². The summed E-state index contributed by atoms with van der Waals surface area (Å²) in [5.74, 6) is 0.267. The molecular formula is C11H21N3O. The van der Waals surface area contributed by atoms with Gasteiger partial charge in [-0.1, -0.05) is 12.8 Å². The summed E-state index contributed by atoms with van der Waals surface area (Å²) in [6.07, 6.45) is 5.13. The highest BCUT2D eigenvalue weighted by Crippen LogP contribution is 2.17. The third kappa shape index (κ3) is 3.18. The zero-order valence-corrected chi connectivity index (χ0v) is 9.30. The molecule has 4 nitrogen and oxygen atoms in total. The van der Waals surface area contributed by atoms with E-state index in [-0.39, 0.29) is 5.91 Å². The molecule has 2 rings (SSSR count). The average molecular weight is 211 g/mol. The number of hydrogen-bond donors (Lipinski definition) is 2.